The average molecular weight is 475 g/mol. The van der Waals surface area contributed by atoms with Crippen molar-refractivity contribution in [3.05, 3.63) is 52.1 Å². The van der Waals surface area contributed by atoms with Gasteiger partial charge in [-0.15, -0.1) is 10.2 Å². The molecule has 0 aliphatic carbocycles. The number of halogens is 2. The third-order valence-corrected chi connectivity index (χ3v) is 6.56. The van der Waals surface area contributed by atoms with E-state index in [1.165, 1.54) is 12.1 Å². The third kappa shape index (κ3) is 5.41. The Kier molecular flexibility index (Phi) is 6.72. The predicted octanol–water partition coefficient (Wildman–Crippen LogP) is 4.70. The molecule has 1 aromatic heterocycles. The summed E-state index contributed by atoms with van der Waals surface area (Å²) in [5, 5.41) is 9.67. The van der Waals surface area contributed by atoms with Gasteiger partial charge in [0, 0.05) is 23.1 Å². The van der Waals surface area contributed by atoms with Crippen LogP contribution in [0.25, 0.3) is 10.9 Å². The Balaban J connectivity index is 1.83. The van der Waals surface area contributed by atoms with Crippen LogP contribution >= 0.6 is 23.2 Å². The van der Waals surface area contributed by atoms with Crippen molar-refractivity contribution in [1.29, 1.82) is 0 Å². The number of nitrogens with one attached hydrogen (secondary N) is 2. The topological polar surface area (TPSA) is 124 Å². The van der Waals surface area contributed by atoms with E-state index in [1.54, 1.807) is 0 Å². The Morgan fingerprint density at radius 3 is 2.62 bits per heavy atom. The van der Waals surface area contributed by atoms with Gasteiger partial charge in [0.15, 0.2) is 0 Å². The maximum absolute atomic E-state index is 12.3. The standard InChI is InChI=1S/C17H16Cl2N4O4S2/c1-10-17(11-4-2-3-5-14(11)21-10)23-22-15-8-13(19)16(9-12(15)18)28(24)20-6-7-29(25,26)27/h2-5,8-9,20-21H,6-7H2,1H3,(H,25,26,27). The maximum atomic E-state index is 12.3. The van der Waals surface area contributed by atoms with E-state index < -0.39 is 26.9 Å². The van der Waals surface area contributed by atoms with E-state index in [2.05, 4.69) is 19.9 Å². The third-order valence-electron chi connectivity index (χ3n) is 3.91. The summed E-state index contributed by atoms with van der Waals surface area (Å²) in [6.45, 7) is 1.66. The molecule has 0 saturated carbocycles. The van der Waals surface area contributed by atoms with E-state index in [1.807, 2.05) is 31.2 Å². The van der Waals surface area contributed by atoms with E-state index in [4.69, 9.17) is 27.8 Å². The molecule has 0 amide bonds. The Bertz CT molecular complexity index is 1230. The van der Waals surface area contributed by atoms with Gasteiger partial charge in [0.05, 0.1) is 20.7 Å². The van der Waals surface area contributed by atoms with Gasteiger partial charge >= 0.3 is 0 Å². The molecule has 3 aromatic rings. The molecule has 0 aliphatic heterocycles. The van der Waals surface area contributed by atoms with Crippen molar-refractivity contribution in [2.24, 2.45) is 10.2 Å². The van der Waals surface area contributed by atoms with Crippen molar-refractivity contribution >= 4 is 66.6 Å². The summed E-state index contributed by atoms with van der Waals surface area (Å²) in [6.07, 6.45) is 0. The van der Waals surface area contributed by atoms with E-state index >= 15 is 0 Å². The molecule has 0 fully saturated rings. The van der Waals surface area contributed by atoms with E-state index in [9.17, 15) is 12.6 Å². The highest BCUT2D eigenvalue weighted by molar-refractivity contribution is 7.86. The van der Waals surface area contributed by atoms with Crippen molar-refractivity contribution in [2.45, 2.75) is 11.8 Å². The van der Waals surface area contributed by atoms with E-state index in [-0.39, 0.29) is 21.5 Å². The number of nitrogens with zero attached hydrogens (tertiary/aromatic N) is 2. The molecule has 0 radical (unpaired) electrons. The van der Waals surface area contributed by atoms with E-state index in [0.29, 0.717) is 11.4 Å². The van der Waals surface area contributed by atoms with E-state index in [0.717, 1.165) is 16.6 Å². The number of azo groups is 1. The number of benzene rings is 2. The molecular formula is C17H16Cl2N4O4S2. The first-order valence-corrected chi connectivity index (χ1v) is 11.8. The molecule has 1 unspecified atom stereocenters. The molecule has 154 valence electrons. The molecule has 0 spiro atoms. The first-order valence-electron chi connectivity index (χ1n) is 8.24. The Morgan fingerprint density at radius 2 is 1.90 bits per heavy atom. The van der Waals surface area contributed by atoms with Crippen LogP contribution in [0.1, 0.15) is 5.69 Å². The Labute approximate surface area is 179 Å². The molecule has 29 heavy (non-hydrogen) atoms. The zero-order valence-corrected chi connectivity index (χ0v) is 18.2. The molecule has 3 rings (SSSR count). The molecule has 2 aromatic carbocycles. The van der Waals surface area contributed by atoms with Crippen molar-refractivity contribution in [3.63, 3.8) is 0 Å². The summed E-state index contributed by atoms with van der Waals surface area (Å²) >= 11 is 12.4. The zero-order chi connectivity index (χ0) is 21.2. The van der Waals surface area contributed by atoms with Gasteiger partial charge in [-0.1, -0.05) is 41.4 Å². The number of para-hydroxylation sites is 1. The Hall–Kier alpha value is -1.82. The fourth-order valence-corrected chi connectivity index (χ4v) is 4.60. The molecule has 0 aliphatic rings. The van der Waals surface area contributed by atoms with Crippen LogP contribution in [0.5, 0.6) is 0 Å². The van der Waals surface area contributed by atoms with Gasteiger partial charge < -0.3 is 4.98 Å². The number of fused-ring (bicyclic) bond motifs is 1. The second-order valence-electron chi connectivity index (χ2n) is 6.03. The molecular weight excluding hydrogens is 459 g/mol. The first kappa shape index (κ1) is 21.9. The van der Waals surface area contributed by atoms with Crippen LogP contribution in [0.15, 0.2) is 51.5 Å². The monoisotopic (exact) mass is 474 g/mol. The highest BCUT2D eigenvalue weighted by atomic mass is 35.5. The van der Waals surface area contributed by atoms with Gasteiger partial charge in [-0.2, -0.15) is 8.42 Å². The normalized spacial score (nSPS) is 13.4. The Morgan fingerprint density at radius 1 is 1.17 bits per heavy atom. The van der Waals surface area contributed by atoms with Gasteiger partial charge in [0.1, 0.15) is 22.4 Å². The smallest absolute Gasteiger partial charge is 0.266 e. The maximum Gasteiger partial charge on any atom is 0.266 e. The summed E-state index contributed by atoms with van der Waals surface area (Å²) in [5.74, 6) is -0.583. The minimum absolute atomic E-state index is 0.122. The van der Waals surface area contributed by atoms with Crippen LogP contribution in [-0.2, 0) is 21.1 Å². The summed E-state index contributed by atoms with van der Waals surface area (Å²) in [4.78, 5) is 3.38. The molecule has 12 heteroatoms. The predicted molar refractivity (Wildman–Crippen MR) is 115 cm³/mol. The number of rotatable bonds is 7. The van der Waals surface area contributed by atoms with Crippen molar-refractivity contribution in [2.75, 3.05) is 12.3 Å². The van der Waals surface area contributed by atoms with Gasteiger partial charge in [-0.05, 0) is 25.1 Å². The first-order chi connectivity index (χ1) is 13.7. The van der Waals surface area contributed by atoms with Crippen molar-refractivity contribution in [1.82, 2.24) is 9.71 Å². The van der Waals surface area contributed by atoms with Crippen LogP contribution in [0.3, 0.4) is 0 Å². The van der Waals surface area contributed by atoms with Gasteiger partial charge in [-0.25, -0.2) is 8.93 Å². The van der Waals surface area contributed by atoms with Crippen LogP contribution in [0.4, 0.5) is 11.4 Å². The molecule has 3 N–H and O–H groups in total. The minimum atomic E-state index is -4.16. The van der Waals surface area contributed by atoms with Crippen molar-refractivity contribution < 1.29 is 17.2 Å². The van der Waals surface area contributed by atoms with Crippen LogP contribution in [0, 0.1) is 6.92 Å². The summed E-state index contributed by atoms with van der Waals surface area (Å²) in [5.41, 5.74) is 2.75. The SMILES string of the molecule is Cc1[nH]c2ccccc2c1N=Nc1cc(Cl)c(S(=O)NCCS(=O)(=O)O)cc1Cl. The number of hydrogen-bond donors (Lipinski definition) is 3. The van der Waals surface area contributed by atoms with Gasteiger partial charge in [0.25, 0.3) is 10.1 Å². The second kappa shape index (κ2) is 8.90. The fraction of sp³-hybridized carbons (Fsp3) is 0.176. The highest BCUT2D eigenvalue weighted by Gasteiger charge is 2.15. The average Bonchev–Trinajstić information content (AvgIpc) is 2.96. The number of aromatic amines is 1. The highest BCUT2D eigenvalue weighted by Crippen LogP contribution is 2.36. The summed E-state index contributed by atoms with van der Waals surface area (Å²) in [6, 6.07) is 10.5. The van der Waals surface area contributed by atoms with Crippen molar-refractivity contribution in [3.8, 4) is 0 Å². The van der Waals surface area contributed by atoms with Gasteiger partial charge in [0.2, 0.25) is 0 Å². The van der Waals surface area contributed by atoms with Gasteiger partial charge in [-0.3, -0.25) is 4.55 Å². The molecule has 8 nitrogen and oxygen atoms in total. The molecule has 1 heterocycles. The van der Waals surface area contributed by atoms with Crippen LogP contribution < -0.4 is 4.72 Å². The minimum Gasteiger partial charge on any atom is -0.357 e. The number of aromatic nitrogens is 1. The summed E-state index contributed by atoms with van der Waals surface area (Å²) < 4.78 is 44.9. The largest absolute Gasteiger partial charge is 0.357 e. The number of hydrogen-bond acceptors (Lipinski definition) is 5. The fourth-order valence-electron chi connectivity index (χ4n) is 2.57. The molecule has 0 bridgehead atoms. The van der Waals surface area contributed by atoms with Crippen LogP contribution in [0.2, 0.25) is 10.0 Å². The van der Waals surface area contributed by atoms with Crippen LogP contribution in [-0.4, -0.2) is 34.5 Å². The molecule has 1 atom stereocenters. The zero-order valence-electron chi connectivity index (χ0n) is 15.0. The number of aryl methyl sites for hydroxylation is 1. The quantitative estimate of drug-likeness (QED) is 0.339. The lowest BCUT2D eigenvalue weighted by molar-refractivity contribution is 0.483. The lowest BCUT2D eigenvalue weighted by Crippen LogP contribution is -2.24. The lowest BCUT2D eigenvalue weighted by Gasteiger charge is -2.08. The lowest BCUT2D eigenvalue weighted by atomic mass is 10.2. The second-order valence-corrected chi connectivity index (χ2v) is 9.68. The number of H-pyrrole nitrogens is 1. The summed E-state index contributed by atoms with van der Waals surface area (Å²) in [7, 11) is -5.98. The molecule has 0 saturated heterocycles.